The molecule has 5 rings (SSSR count). The zero-order valence-corrected chi connectivity index (χ0v) is 17.0. The van der Waals surface area contributed by atoms with E-state index in [1.807, 2.05) is 12.1 Å². The van der Waals surface area contributed by atoms with Crippen LogP contribution in [0.5, 0.6) is 0 Å². The summed E-state index contributed by atoms with van der Waals surface area (Å²) in [6, 6.07) is 16.7. The van der Waals surface area contributed by atoms with Gasteiger partial charge >= 0.3 is 0 Å². The number of nitrogens with zero attached hydrogens (tertiary/aromatic N) is 2. The van der Waals surface area contributed by atoms with Crippen LogP contribution in [0.4, 0.5) is 0 Å². The van der Waals surface area contributed by atoms with Gasteiger partial charge in [-0.1, -0.05) is 35.4 Å². The average Bonchev–Trinajstić information content (AvgIpc) is 3.07. The first-order chi connectivity index (χ1) is 13.1. The first-order valence-corrected chi connectivity index (χ1v) is 10.6. The molecule has 0 amide bonds. The Hall–Kier alpha value is -1.77. The molecule has 0 spiro atoms. The summed E-state index contributed by atoms with van der Waals surface area (Å²) in [6.45, 7) is 3.31. The van der Waals surface area contributed by atoms with Gasteiger partial charge in [-0.2, -0.15) is 0 Å². The van der Waals surface area contributed by atoms with E-state index in [1.165, 1.54) is 41.3 Å². The molecule has 2 aromatic carbocycles. The number of hydrogen-bond donors (Lipinski definition) is 0. The van der Waals surface area contributed by atoms with Crippen molar-refractivity contribution >= 4 is 22.5 Å². The number of rotatable bonds is 4. The van der Waals surface area contributed by atoms with Crippen molar-refractivity contribution in [3.8, 4) is 0 Å². The molecule has 0 radical (unpaired) electrons. The number of fused-ring (bicyclic) bond motifs is 6. The Morgan fingerprint density at radius 3 is 2.70 bits per heavy atom. The Morgan fingerprint density at radius 1 is 1.07 bits per heavy atom. The highest BCUT2D eigenvalue weighted by molar-refractivity contribution is 6.30. The molecule has 0 saturated carbocycles. The van der Waals surface area contributed by atoms with Gasteiger partial charge in [0, 0.05) is 46.7 Å². The quantitative estimate of drug-likeness (QED) is 0.546. The van der Waals surface area contributed by atoms with Gasteiger partial charge in [-0.15, -0.1) is 0 Å². The van der Waals surface area contributed by atoms with E-state index >= 15 is 0 Å². The lowest BCUT2D eigenvalue weighted by Gasteiger charge is -2.32. The van der Waals surface area contributed by atoms with Gasteiger partial charge in [0.05, 0.1) is 0 Å². The van der Waals surface area contributed by atoms with Gasteiger partial charge in [0.15, 0.2) is 0 Å². The molecule has 27 heavy (non-hydrogen) atoms. The molecule has 2 aliphatic heterocycles. The first-order valence-electron chi connectivity index (χ1n) is 10.2. The molecule has 2 aliphatic rings. The molecule has 0 N–H and O–H groups in total. The lowest BCUT2D eigenvalue weighted by molar-refractivity contribution is 0.222. The number of likely N-dealkylation sites (N-methyl/N-ethyl adjacent to an activating group) is 1. The fraction of sp³-hybridized carbons (Fsp3) is 0.417. The van der Waals surface area contributed by atoms with Crippen molar-refractivity contribution in [2.75, 3.05) is 7.05 Å². The largest absolute Gasteiger partial charge is 0.344 e. The van der Waals surface area contributed by atoms with Crippen LogP contribution in [0.2, 0.25) is 5.02 Å². The topological polar surface area (TPSA) is 8.17 Å². The van der Waals surface area contributed by atoms with Crippen molar-refractivity contribution in [3.63, 3.8) is 0 Å². The number of halogens is 1. The van der Waals surface area contributed by atoms with E-state index in [0.29, 0.717) is 6.04 Å². The standard InChI is InChI=1S/C24H27ClN2/c1-16-5-11-21-20(14-16)24-22-12-10-19(26(22)2)15-23(24)27(21)13-3-4-17-6-8-18(25)9-7-17/h5-9,11,14,19,22H,3-4,10,12-13,15H2,1-2H3. The summed E-state index contributed by atoms with van der Waals surface area (Å²) in [5.74, 6) is 0. The van der Waals surface area contributed by atoms with Gasteiger partial charge in [0.1, 0.15) is 0 Å². The van der Waals surface area contributed by atoms with Gasteiger partial charge < -0.3 is 4.57 Å². The molecule has 1 saturated heterocycles. The molecule has 140 valence electrons. The second-order valence-electron chi connectivity index (χ2n) is 8.38. The lowest BCUT2D eigenvalue weighted by atomic mass is 9.97. The van der Waals surface area contributed by atoms with Crippen LogP contribution in [0.3, 0.4) is 0 Å². The van der Waals surface area contributed by atoms with Crippen molar-refractivity contribution < 1.29 is 0 Å². The number of aryl methyl sites for hydroxylation is 3. The molecule has 1 fully saturated rings. The Balaban J connectivity index is 1.49. The van der Waals surface area contributed by atoms with Crippen LogP contribution in [-0.4, -0.2) is 22.6 Å². The van der Waals surface area contributed by atoms with E-state index in [-0.39, 0.29) is 0 Å². The van der Waals surface area contributed by atoms with E-state index in [2.05, 4.69) is 53.8 Å². The monoisotopic (exact) mass is 378 g/mol. The molecular formula is C24H27ClN2. The van der Waals surface area contributed by atoms with Crippen LogP contribution >= 0.6 is 11.6 Å². The highest BCUT2D eigenvalue weighted by atomic mass is 35.5. The van der Waals surface area contributed by atoms with Crippen LogP contribution in [0, 0.1) is 6.92 Å². The van der Waals surface area contributed by atoms with Crippen molar-refractivity contribution in [3.05, 3.63) is 69.9 Å². The Bertz CT molecular complexity index is 986. The van der Waals surface area contributed by atoms with Crippen LogP contribution < -0.4 is 0 Å². The first kappa shape index (κ1) is 17.3. The maximum atomic E-state index is 6.02. The summed E-state index contributed by atoms with van der Waals surface area (Å²) in [5, 5.41) is 2.31. The fourth-order valence-electron chi connectivity index (χ4n) is 5.32. The number of aromatic nitrogens is 1. The van der Waals surface area contributed by atoms with Crippen molar-refractivity contribution in [2.45, 2.75) is 57.7 Å². The minimum Gasteiger partial charge on any atom is -0.344 e. The summed E-state index contributed by atoms with van der Waals surface area (Å²) < 4.78 is 2.64. The Kier molecular flexibility index (Phi) is 4.29. The Labute approximate surface area is 166 Å². The van der Waals surface area contributed by atoms with Gasteiger partial charge in [-0.3, -0.25) is 4.90 Å². The molecule has 1 aromatic heterocycles. The van der Waals surface area contributed by atoms with E-state index < -0.39 is 0 Å². The van der Waals surface area contributed by atoms with Gasteiger partial charge in [0.25, 0.3) is 0 Å². The summed E-state index contributed by atoms with van der Waals surface area (Å²) in [5.41, 5.74) is 7.41. The van der Waals surface area contributed by atoms with Crippen molar-refractivity contribution in [2.24, 2.45) is 0 Å². The summed E-state index contributed by atoms with van der Waals surface area (Å²) in [4.78, 5) is 2.63. The molecule has 3 heterocycles. The minimum atomic E-state index is 0.612. The summed E-state index contributed by atoms with van der Waals surface area (Å²) in [7, 11) is 2.32. The third-order valence-electron chi connectivity index (χ3n) is 6.73. The minimum absolute atomic E-state index is 0.612. The predicted octanol–water partition coefficient (Wildman–Crippen LogP) is 5.93. The highest BCUT2D eigenvalue weighted by Gasteiger charge is 2.40. The molecule has 2 atom stereocenters. The summed E-state index contributed by atoms with van der Waals surface area (Å²) in [6.07, 6.45) is 6.12. The van der Waals surface area contributed by atoms with E-state index in [9.17, 15) is 0 Å². The van der Waals surface area contributed by atoms with E-state index in [0.717, 1.165) is 30.5 Å². The third kappa shape index (κ3) is 2.90. The van der Waals surface area contributed by atoms with E-state index in [4.69, 9.17) is 11.6 Å². The highest BCUT2D eigenvalue weighted by Crippen LogP contribution is 2.47. The van der Waals surface area contributed by atoms with E-state index in [1.54, 1.807) is 11.3 Å². The second-order valence-corrected chi connectivity index (χ2v) is 8.82. The summed E-state index contributed by atoms with van der Waals surface area (Å²) >= 11 is 6.02. The van der Waals surface area contributed by atoms with Crippen LogP contribution in [0.25, 0.3) is 10.9 Å². The third-order valence-corrected chi connectivity index (χ3v) is 6.99. The SMILES string of the molecule is Cc1ccc2c(c1)c1c(n2CCCc2ccc(Cl)cc2)CC2CCC1N2C. The maximum Gasteiger partial charge on any atom is 0.0486 e. The molecule has 3 heteroatoms. The smallest absolute Gasteiger partial charge is 0.0486 e. The number of hydrogen-bond acceptors (Lipinski definition) is 1. The predicted molar refractivity (Wildman–Crippen MR) is 114 cm³/mol. The van der Waals surface area contributed by atoms with Crippen LogP contribution in [0.15, 0.2) is 42.5 Å². The van der Waals surface area contributed by atoms with Gasteiger partial charge in [0.2, 0.25) is 0 Å². The number of benzene rings is 2. The average molecular weight is 379 g/mol. The molecular weight excluding hydrogens is 352 g/mol. The van der Waals surface area contributed by atoms with Crippen molar-refractivity contribution in [1.82, 2.24) is 9.47 Å². The molecule has 2 bridgehead atoms. The maximum absolute atomic E-state index is 6.02. The molecule has 3 aromatic rings. The zero-order valence-electron chi connectivity index (χ0n) is 16.2. The Morgan fingerprint density at radius 2 is 1.89 bits per heavy atom. The molecule has 2 nitrogen and oxygen atoms in total. The van der Waals surface area contributed by atoms with Crippen LogP contribution in [0.1, 0.15) is 47.7 Å². The second kappa shape index (κ2) is 6.68. The lowest BCUT2D eigenvalue weighted by Crippen LogP contribution is -2.34. The van der Waals surface area contributed by atoms with Gasteiger partial charge in [-0.05, 0) is 75.0 Å². The van der Waals surface area contributed by atoms with Crippen LogP contribution in [-0.2, 0) is 19.4 Å². The molecule has 0 aliphatic carbocycles. The zero-order chi connectivity index (χ0) is 18.5. The molecule has 2 unspecified atom stereocenters. The fourth-order valence-corrected chi connectivity index (χ4v) is 5.44. The van der Waals surface area contributed by atoms with Crippen molar-refractivity contribution in [1.29, 1.82) is 0 Å². The van der Waals surface area contributed by atoms with Gasteiger partial charge in [-0.25, -0.2) is 0 Å². The normalized spacial score (nSPS) is 21.7.